The fraction of sp³-hybridized carbons (Fsp3) is 0.438. The van der Waals surface area contributed by atoms with Gasteiger partial charge in [0.05, 0.1) is 5.69 Å². The summed E-state index contributed by atoms with van der Waals surface area (Å²) in [5.41, 5.74) is 0.751. The van der Waals surface area contributed by atoms with Crippen LogP contribution in [0.5, 0.6) is 5.75 Å². The van der Waals surface area contributed by atoms with Crippen molar-refractivity contribution in [3.8, 4) is 5.75 Å². The van der Waals surface area contributed by atoms with Gasteiger partial charge in [-0.05, 0) is 25.2 Å². The molecule has 1 saturated heterocycles. The van der Waals surface area contributed by atoms with Gasteiger partial charge in [-0.15, -0.1) is 0 Å². The second-order valence-corrected chi connectivity index (χ2v) is 5.94. The van der Waals surface area contributed by atoms with E-state index in [1.54, 1.807) is 17.0 Å². The third-order valence-electron chi connectivity index (χ3n) is 4.23. The average Bonchev–Trinajstić information content (AvgIpc) is 2.57. The molecule has 1 aromatic rings. The fourth-order valence-corrected chi connectivity index (χ4v) is 2.84. The van der Waals surface area contributed by atoms with Gasteiger partial charge in [-0.2, -0.15) is 0 Å². The molecule has 3 rings (SSSR count). The second kappa shape index (κ2) is 6.48. The molecule has 2 amide bonds. The van der Waals surface area contributed by atoms with Crippen molar-refractivity contribution in [1.82, 2.24) is 9.80 Å². The van der Waals surface area contributed by atoms with E-state index in [9.17, 15) is 14.4 Å². The molecule has 0 aliphatic carbocycles. The maximum atomic E-state index is 12.6. The van der Waals surface area contributed by atoms with Gasteiger partial charge in [0.25, 0.3) is 11.8 Å². The number of carbonyl (C=O) groups excluding carboxylic acids is 2. The molecule has 1 fully saturated rings. The van der Waals surface area contributed by atoms with E-state index in [0.29, 0.717) is 30.1 Å². The molecule has 2 heterocycles. The van der Waals surface area contributed by atoms with Crippen molar-refractivity contribution < 1.29 is 24.2 Å². The minimum atomic E-state index is -1.12. The Kier molecular flexibility index (Phi) is 4.39. The lowest BCUT2D eigenvalue weighted by Crippen LogP contribution is -2.47. The molecular weight excluding hydrogens is 314 g/mol. The van der Waals surface area contributed by atoms with Crippen molar-refractivity contribution in [2.75, 3.05) is 51.3 Å². The molecule has 0 unspecified atom stereocenters. The van der Waals surface area contributed by atoms with Crippen LogP contribution >= 0.6 is 0 Å². The summed E-state index contributed by atoms with van der Waals surface area (Å²) < 4.78 is 5.33. The molecule has 8 nitrogen and oxygen atoms in total. The quantitative estimate of drug-likeness (QED) is 0.830. The zero-order valence-electron chi connectivity index (χ0n) is 13.4. The third kappa shape index (κ3) is 3.18. The van der Waals surface area contributed by atoms with Crippen LogP contribution in [0.3, 0.4) is 0 Å². The number of nitrogens with zero attached hydrogens (tertiary/aromatic N) is 3. The van der Waals surface area contributed by atoms with E-state index in [2.05, 4.69) is 4.90 Å². The lowest BCUT2D eigenvalue weighted by Gasteiger charge is -2.33. The van der Waals surface area contributed by atoms with Gasteiger partial charge in [0.15, 0.2) is 6.61 Å². The summed E-state index contributed by atoms with van der Waals surface area (Å²) in [6.07, 6.45) is 0. The molecule has 1 aromatic carbocycles. The number of anilines is 1. The lowest BCUT2D eigenvalue weighted by molar-refractivity contribution is -0.137. The molecule has 1 N–H and O–H groups in total. The highest BCUT2D eigenvalue weighted by molar-refractivity contribution is 6.03. The van der Waals surface area contributed by atoms with Crippen molar-refractivity contribution >= 4 is 23.5 Å². The number of likely N-dealkylation sites (N-methyl/N-ethyl adjacent to an activating group) is 1. The van der Waals surface area contributed by atoms with Crippen LogP contribution in [0.2, 0.25) is 0 Å². The van der Waals surface area contributed by atoms with Crippen LogP contribution < -0.4 is 9.64 Å². The summed E-state index contributed by atoms with van der Waals surface area (Å²) >= 11 is 0. The third-order valence-corrected chi connectivity index (χ3v) is 4.23. The Balaban J connectivity index is 1.86. The second-order valence-electron chi connectivity index (χ2n) is 5.94. The monoisotopic (exact) mass is 333 g/mol. The number of aliphatic carboxylic acids is 1. The van der Waals surface area contributed by atoms with Crippen molar-refractivity contribution in [2.45, 2.75) is 0 Å². The van der Waals surface area contributed by atoms with E-state index in [-0.39, 0.29) is 12.5 Å². The van der Waals surface area contributed by atoms with E-state index >= 15 is 0 Å². The van der Waals surface area contributed by atoms with Crippen molar-refractivity contribution in [3.63, 3.8) is 0 Å². The highest BCUT2D eigenvalue weighted by atomic mass is 16.5. The van der Waals surface area contributed by atoms with Gasteiger partial charge >= 0.3 is 5.97 Å². The predicted octanol–water partition coefficient (Wildman–Crippen LogP) is -0.116. The zero-order valence-corrected chi connectivity index (χ0v) is 13.4. The number of hydrogen-bond donors (Lipinski definition) is 1. The van der Waals surface area contributed by atoms with Crippen LogP contribution in [0.1, 0.15) is 10.4 Å². The Morgan fingerprint density at radius 3 is 2.58 bits per heavy atom. The van der Waals surface area contributed by atoms with E-state index in [0.717, 1.165) is 18.0 Å². The van der Waals surface area contributed by atoms with Crippen LogP contribution in [-0.4, -0.2) is 79.1 Å². The summed E-state index contributed by atoms with van der Waals surface area (Å²) in [7, 11) is 2.01. The molecule has 8 heteroatoms. The molecule has 0 aromatic heterocycles. The largest absolute Gasteiger partial charge is 0.482 e. The molecule has 0 bridgehead atoms. The fourth-order valence-electron chi connectivity index (χ4n) is 2.84. The van der Waals surface area contributed by atoms with Crippen LogP contribution in [0.4, 0.5) is 5.69 Å². The number of hydrogen-bond acceptors (Lipinski definition) is 5. The van der Waals surface area contributed by atoms with Crippen molar-refractivity contribution in [2.24, 2.45) is 0 Å². The maximum absolute atomic E-state index is 12.6. The van der Waals surface area contributed by atoms with Crippen molar-refractivity contribution in [1.29, 1.82) is 0 Å². The summed E-state index contributed by atoms with van der Waals surface area (Å²) in [5, 5.41) is 9.00. The molecule has 2 aliphatic rings. The van der Waals surface area contributed by atoms with Gasteiger partial charge in [-0.3, -0.25) is 19.3 Å². The number of carbonyl (C=O) groups is 3. The number of amides is 2. The minimum Gasteiger partial charge on any atom is -0.482 e. The van der Waals surface area contributed by atoms with E-state index < -0.39 is 18.4 Å². The van der Waals surface area contributed by atoms with Crippen molar-refractivity contribution in [3.05, 3.63) is 23.8 Å². The first-order valence-electron chi connectivity index (χ1n) is 7.72. The molecular formula is C16H19N3O5. The Hall–Kier alpha value is -2.61. The molecule has 2 aliphatic heterocycles. The SMILES string of the molecule is CN1CCN(C(=O)c2ccc3c(c2)N(CC(=O)O)C(=O)CO3)CC1. The normalized spacial score (nSPS) is 18.1. The lowest BCUT2D eigenvalue weighted by atomic mass is 10.1. The van der Waals surface area contributed by atoms with Crippen LogP contribution in [0.15, 0.2) is 18.2 Å². The molecule has 0 atom stereocenters. The standard InChI is InChI=1S/C16H19N3O5/c1-17-4-6-18(7-5-17)16(23)11-2-3-13-12(8-11)19(9-15(21)22)14(20)10-24-13/h2-3,8H,4-7,9-10H2,1H3,(H,21,22). The van der Waals surface area contributed by atoms with Gasteiger partial charge in [-0.1, -0.05) is 0 Å². The number of carboxylic acids is 1. The first-order valence-corrected chi connectivity index (χ1v) is 7.72. The van der Waals surface area contributed by atoms with Gasteiger partial charge in [0.2, 0.25) is 0 Å². The molecule has 24 heavy (non-hydrogen) atoms. The Morgan fingerprint density at radius 1 is 1.21 bits per heavy atom. The Labute approximate surface area is 139 Å². The summed E-state index contributed by atoms with van der Waals surface area (Å²) in [6.45, 7) is 2.24. The maximum Gasteiger partial charge on any atom is 0.323 e. The van der Waals surface area contributed by atoms with Gasteiger partial charge in [0, 0.05) is 31.7 Å². The summed E-state index contributed by atoms with van der Waals surface area (Å²) in [6, 6.07) is 4.80. The molecule has 0 radical (unpaired) electrons. The highest BCUT2D eigenvalue weighted by Crippen LogP contribution is 2.33. The zero-order chi connectivity index (χ0) is 17.3. The topological polar surface area (TPSA) is 90.4 Å². The summed E-state index contributed by atoms with van der Waals surface area (Å²) in [4.78, 5) is 40.7. The Bertz CT molecular complexity index is 682. The van der Waals surface area contributed by atoms with Crippen LogP contribution in [0.25, 0.3) is 0 Å². The first kappa shape index (κ1) is 16.3. The van der Waals surface area contributed by atoms with Gasteiger partial charge in [0.1, 0.15) is 12.3 Å². The number of rotatable bonds is 3. The number of fused-ring (bicyclic) bond motifs is 1. The predicted molar refractivity (Wildman–Crippen MR) is 85.3 cm³/mol. The molecule has 128 valence electrons. The van der Waals surface area contributed by atoms with Gasteiger partial charge < -0.3 is 19.6 Å². The van der Waals surface area contributed by atoms with Crippen LogP contribution in [0, 0.1) is 0 Å². The molecule has 0 spiro atoms. The van der Waals surface area contributed by atoms with Crippen LogP contribution in [-0.2, 0) is 9.59 Å². The number of ether oxygens (including phenoxy) is 1. The number of benzene rings is 1. The first-order chi connectivity index (χ1) is 11.5. The van der Waals surface area contributed by atoms with E-state index in [1.807, 2.05) is 7.05 Å². The average molecular weight is 333 g/mol. The molecule has 0 saturated carbocycles. The Morgan fingerprint density at radius 2 is 1.92 bits per heavy atom. The van der Waals surface area contributed by atoms with E-state index in [1.165, 1.54) is 6.07 Å². The highest BCUT2D eigenvalue weighted by Gasteiger charge is 2.29. The number of carboxylic acid groups (broad SMARTS) is 1. The smallest absolute Gasteiger partial charge is 0.323 e. The number of piperazine rings is 1. The summed E-state index contributed by atoms with van der Waals surface area (Å²) in [5.74, 6) is -1.27. The van der Waals surface area contributed by atoms with E-state index in [4.69, 9.17) is 9.84 Å². The van der Waals surface area contributed by atoms with Gasteiger partial charge in [-0.25, -0.2) is 0 Å². The minimum absolute atomic E-state index is 0.126.